The Labute approximate surface area is 151 Å². The molecule has 1 amide bonds. The molecule has 3 rings (SSSR count). The Morgan fingerprint density at radius 2 is 1.69 bits per heavy atom. The van der Waals surface area contributed by atoms with E-state index in [9.17, 15) is 4.79 Å². The molecule has 132 valence electrons. The second-order valence-corrected chi connectivity index (χ2v) is 5.70. The largest absolute Gasteiger partial charge is 0.367 e. The van der Waals surface area contributed by atoms with Crippen molar-refractivity contribution in [3.05, 3.63) is 71.9 Å². The van der Waals surface area contributed by atoms with Crippen LogP contribution in [-0.4, -0.2) is 34.2 Å². The van der Waals surface area contributed by atoms with Crippen molar-refractivity contribution in [1.82, 2.24) is 20.5 Å². The summed E-state index contributed by atoms with van der Waals surface area (Å²) >= 11 is 0. The number of benzene rings is 1. The molecule has 2 aromatic heterocycles. The van der Waals surface area contributed by atoms with Crippen LogP contribution in [0.4, 0.5) is 17.5 Å². The van der Waals surface area contributed by atoms with E-state index in [1.807, 2.05) is 49.4 Å². The Morgan fingerprint density at radius 1 is 0.923 bits per heavy atom. The number of pyridine rings is 1. The van der Waals surface area contributed by atoms with Gasteiger partial charge in [0.2, 0.25) is 0 Å². The van der Waals surface area contributed by atoms with E-state index in [2.05, 4.69) is 31.1 Å². The first-order valence-corrected chi connectivity index (χ1v) is 8.31. The van der Waals surface area contributed by atoms with Gasteiger partial charge >= 0.3 is 0 Å². The molecule has 0 saturated heterocycles. The van der Waals surface area contributed by atoms with Crippen LogP contribution in [0.1, 0.15) is 15.9 Å². The average Bonchev–Trinajstić information content (AvgIpc) is 2.67. The molecule has 3 aromatic rings. The zero-order chi connectivity index (χ0) is 18.2. The van der Waals surface area contributed by atoms with Crippen LogP contribution >= 0.6 is 0 Å². The molecule has 0 unspecified atom stereocenters. The van der Waals surface area contributed by atoms with Gasteiger partial charge in [0.25, 0.3) is 5.91 Å². The number of aromatic nitrogens is 3. The maximum atomic E-state index is 11.9. The maximum absolute atomic E-state index is 11.9. The fraction of sp³-hybridized carbons (Fsp3) is 0.158. The van der Waals surface area contributed by atoms with Gasteiger partial charge in [-0.2, -0.15) is 0 Å². The number of aryl methyl sites for hydroxylation is 1. The van der Waals surface area contributed by atoms with Crippen molar-refractivity contribution in [3.63, 3.8) is 0 Å². The average molecular weight is 348 g/mol. The van der Waals surface area contributed by atoms with E-state index in [1.54, 1.807) is 18.3 Å². The van der Waals surface area contributed by atoms with Crippen molar-refractivity contribution >= 4 is 23.4 Å². The van der Waals surface area contributed by atoms with Crippen LogP contribution in [0.3, 0.4) is 0 Å². The summed E-state index contributed by atoms with van der Waals surface area (Å²) in [5.74, 6) is 1.89. The molecular weight excluding hydrogens is 328 g/mol. The number of rotatable bonds is 7. The third-order valence-electron chi connectivity index (χ3n) is 3.59. The Balaban J connectivity index is 1.44. The van der Waals surface area contributed by atoms with Crippen molar-refractivity contribution in [2.45, 2.75) is 6.92 Å². The Bertz CT molecular complexity index is 851. The molecule has 0 radical (unpaired) electrons. The molecule has 0 saturated carbocycles. The SMILES string of the molecule is Cc1ccnc(Nc2ccc(NCCNC(=O)c3ccccc3)nn2)c1. The Kier molecular flexibility index (Phi) is 5.72. The third-order valence-corrected chi connectivity index (χ3v) is 3.59. The van der Waals surface area contributed by atoms with E-state index in [0.717, 1.165) is 11.4 Å². The molecule has 26 heavy (non-hydrogen) atoms. The van der Waals surface area contributed by atoms with Crippen molar-refractivity contribution < 1.29 is 4.79 Å². The molecule has 7 heteroatoms. The van der Waals surface area contributed by atoms with E-state index in [0.29, 0.717) is 30.3 Å². The normalized spacial score (nSPS) is 10.2. The van der Waals surface area contributed by atoms with Gasteiger partial charge in [-0.3, -0.25) is 4.79 Å². The minimum Gasteiger partial charge on any atom is -0.367 e. The highest BCUT2D eigenvalue weighted by atomic mass is 16.1. The van der Waals surface area contributed by atoms with Crippen molar-refractivity contribution in [1.29, 1.82) is 0 Å². The van der Waals surface area contributed by atoms with Gasteiger partial charge in [-0.15, -0.1) is 10.2 Å². The summed E-state index contributed by atoms with van der Waals surface area (Å²) in [5.41, 5.74) is 1.76. The van der Waals surface area contributed by atoms with Crippen molar-refractivity contribution in [3.8, 4) is 0 Å². The quantitative estimate of drug-likeness (QED) is 0.569. The highest BCUT2D eigenvalue weighted by molar-refractivity contribution is 5.94. The first-order chi connectivity index (χ1) is 12.7. The minimum absolute atomic E-state index is 0.0938. The maximum Gasteiger partial charge on any atom is 0.251 e. The lowest BCUT2D eigenvalue weighted by Crippen LogP contribution is -2.28. The lowest BCUT2D eigenvalue weighted by atomic mass is 10.2. The number of carbonyl (C=O) groups is 1. The fourth-order valence-electron chi connectivity index (χ4n) is 2.29. The molecule has 2 heterocycles. The molecule has 3 N–H and O–H groups in total. The second kappa shape index (κ2) is 8.57. The van der Waals surface area contributed by atoms with Crippen LogP contribution in [0.5, 0.6) is 0 Å². The van der Waals surface area contributed by atoms with E-state index in [-0.39, 0.29) is 5.91 Å². The molecule has 1 aromatic carbocycles. The summed E-state index contributed by atoms with van der Waals surface area (Å²) in [6.07, 6.45) is 1.74. The van der Waals surface area contributed by atoms with Gasteiger partial charge in [-0.05, 0) is 48.9 Å². The molecule has 0 aliphatic heterocycles. The molecule has 0 fully saturated rings. The Morgan fingerprint density at radius 3 is 2.42 bits per heavy atom. The van der Waals surface area contributed by atoms with Crippen LogP contribution < -0.4 is 16.0 Å². The van der Waals surface area contributed by atoms with Gasteiger partial charge in [0, 0.05) is 24.8 Å². The minimum atomic E-state index is -0.0938. The van der Waals surface area contributed by atoms with Gasteiger partial charge in [0.1, 0.15) is 11.6 Å². The summed E-state index contributed by atoms with van der Waals surface area (Å²) in [6, 6.07) is 16.6. The number of hydrogen-bond donors (Lipinski definition) is 3. The fourth-order valence-corrected chi connectivity index (χ4v) is 2.29. The van der Waals surface area contributed by atoms with E-state index in [4.69, 9.17) is 0 Å². The predicted octanol–water partition coefficient (Wildman–Crippen LogP) is 2.77. The van der Waals surface area contributed by atoms with Gasteiger partial charge in [0.15, 0.2) is 5.82 Å². The molecular formula is C19H20N6O. The van der Waals surface area contributed by atoms with E-state index >= 15 is 0 Å². The highest BCUT2D eigenvalue weighted by Crippen LogP contribution is 2.13. The standard InChI is InChI=1S/C19H20N6O/c1-14-9-10-20-18(13-14)23-17-8-7-16(24-25-17)21-11-12-22-19(26)15-5-3-2-4-6-15/h2-10,13H,11-12H2,1H3,(H,21,24)(H,22,26)(H,20,23,25). The van der Waals surface area contributed by atoms with Gasteiger partial charge in [-0.25, -0.2) is 4.98 Å². The number of carbonyl (C=O) groups excluding carboxylic acids is 1. The Hall–Kier alpha value is -3.48. The molecule has 7 nitrogen and oxygen atoms in total. The summed E-state index contributed by atoms with van der Waals surface area (Å²) in [5, 5.41) is 17.3. The van der Waals surface area contributed by atoms with Crippen LogP contribution in [-0.2, 0) is 0 Å². The zero-order valence-electron chi connectivity index (χ0n) is 14.4. The predicted molar refractivity (Wildman–Crippen MR) is 102 cm³/mol. The van der Waals surface area contributed by atoms with E-state index < -0.39 is 0 Å². The summed E-state index contributed by atoms with van der Waals surface area (Å²) in [6.45, 7) is 3.05. The van der Waals surface area contributed by atoms with Crippen LogP contribution in [0.25, 0.3) is 0 Å². The summed E-state index contributed by atoms with van der Waals surface area (Å²) < 4.78 is 0. The van der Waals surface area contributed by atoms with Gasteiger partial charge in [-0.1, -0.05) is 18.2 Å². The summed E-state index contributed by atoms with van der Waals surface area (Å²) in [7, 11) is 0. The highest BCUT2D eigenvalue weighted by Gasteiger charge is 2.03. The number of hydrogen-bond acceptors (Lipinski definition) is 6. The lowest BCUT2D eigenvalue weighted by Gasteiger charge is -2.08. The number of nitrogens with one attached hydrogen (secondary N) is 3. The number of amides is 1. The van der Waals surface area contributed by atoms with Gasteiger partial charge < -0.3 is 16.0 Å². The number of nitrogens with zero attached hydrogens (tertiary/aromatic N) is 3. The lowest BCUT2D eigenvalue weighted by molar-refractivity contribution is 0.0955. The molecule has 0 aliphatic carbocycles. The molecule has 0 spiro atoms. The monoisotopic (exact) mass is 348 g/mol. The zero-order valence-corrected chi connectivity index (χ0v) is 14.4. The first-order valence-electron chi connectivity index (χ1n) is 8.31. The molecule has 0 aliphatic rings. The van der Waals surface area contributed by atoms with Crippen LogP contribution in [0.2, 0.25) is 0 Å². The molecule has 0 atom stereocenters. The van der Waals surface area contributed by atoms with Crippen molar-refractivity contribution in [2.75, 3.05) is 23.7 Å². The van der Waals surface area contributed by atoms with Crippen LogP contribution in [0, 0.1) is 6.92 Å². The van der Waals surface area contributed by atoms with Crippen molar-refractivity contribution in [2.24, 2.45) is 0 Å². The number of anilines is 3. The topological polar surface area (TPSA) is 91.8 Å². The summed E-state index contributed by atoms with van der Waals surface area (Å²) in [4.78, 5) is 16.1. The smallest absolute Gasteiger partial charge is 0.251 e. The molecule has 0 bridgehead atoms. The van der Waals surface area contributed by atoms with E-state index in [1.165, 1.54) is 0 Å². The van der Waals surface area contributed by atoms with Crippen LogP contribution in [0.15, 0.2) is 60.8 Å². The third kappa shape index (κ3) is 5.01. The first kappa shape index (κ1) is 17.3. The van der Waals surface area contributed by atoms with Gasteiger partial charge in [0.05, 0.1) is 0 Å². The second-order valence-electron chi connectivity index (χ2n) is 5.70.